The first-order valence-corrected chi connectivity index (χ1v) is 8.57. The van der Waals surface area contributed by atoms with E-state index in [0.29, 0.717) is 25.6 Å². The monoisotopic (exact) mass is 336 g/mol. The van der Waals surface area contributed by atoms with Gasteiger partial charge in [-0.1, -0.05) is 12.1 Å². The van der Waals surface area contributed by atoms with Gasteiger partial charge in [-0.25, -0.2) is 9.18 Å². The topological polar surface area (TPSA) is 61.8 Å². The molecular formula is C18H25FN2O3. The summed E-state index contributed by atoms with van der Waals surface area (Å²) in [4.78, 5) is 13.1. The van der Waals surface area contributed by atoms with Crippen LogP contribution in [0, 0.1) is 11.7 Å². The van der Waals surface area contributed by atoms with E-state index >= 15 is 0 Å². The number of carboxylic acid groups (broad SMARTS) is 1. The lowest BCUT2D eigenvalue weighted by Crippen LogP contribution is -2.57. The number of amides is 1. The van der Waals surface area contributed by atoms with E-state index in [1.807, 2.05) is 0 Å². The van der Waals surface area contributed by atoms with Gasteiger partial charge in [-0.05, 0) is 49.3 Å². The van der Waals surface area contributed by atoms with Crippen molar-refractivity contribution in [3.63, 3.8) is 0 Å². The van der Waals surface area contributed by atoms with E-state index in [4.69, 9.17) is 4.74 Å². The van der Waals surface area contributed by atoms with Crippen LogP contribution in [0.3, 0.4) is 0 Å². The first-order valence-electron chi connectivity index (χ1n) is 8.57. The third-order valence-corrected chi connectivity index (χ3v) is 5.67. The highest BCUT2D eigenvalue weighted by Gasteiger charge is 2.41. The van der Waals surface area contributed by atoms with Crippen LogP contribution in [0.1, 0.15) is 31.2 Å². The summed E-state index contributed by atoms with van der Waals surface area (Å²) >= 11 is 0. The Kier molecular flexibility index (Phi) is 5.06. The summed E-state index contributed by atoms with van der Waals surface area (Å²) in [6, 6.07) is 6.56. The molecule has 1 aliphatic heterocycles. The molecule has 5 nitrogen and oxygen atoms in total. The second-order valence-electron chi connectivity index (χ2n) is 6.79. The fourth-order valence-corrected chi connectivity index (χ4v) is 4.24. The summed E-state index contributed by atoms with van der Waals surface area (Å²) in [5.41, 5.74) is 0.613. The number of ether oxygens (including phenoxy) is 1. The molecule has 1 aliphatic carbocycles. The summed E-state index contributed by atoms with van der Waals surface area (Å²) in [5, 5.41) is 12.7. The summed E-state index contributed by atoms with van der Waals surface area (Å²) in [6.07, 6.45) is 2.62. The van der Waals surface area contributed by atoms with E-state index in [1.54, 1.807) is 24.1 Å². The van der Waals surface area contributed by atoms with Crippen molar-refractivity contribution in [1.82, 2.24) is 10.2 Å². The fraction of sp³-hybridized carbons (Fsp3) is 0.611. The number of rotatable bonds is 3. The van der Waals surface area contributed by atoms with Crippen molar-refractivity contribution in [3.8, 4) is 0 Å². The SMILES string of the molecule is COC1(c2ccc(F)cc2)CCC(C2CNCCN2C(=O)O)CC1. The summed E-state index contributed by atoms with van der Waals surface area (Å²) < 4.78 is 19.0. The van der Waals surface area contributed by atoms with Crippen LogP contribution in [0.2, 0.25) is 0 Å². The Morgan fingerprint density at radius 2 is 2.00 bits per heavy atom. The molecule has 0 aromatic heterocycles. The third kappa shape index (κ3) is 3.26. The Hall–Kier alpha value is -1.66. The van der Waals surface area contributed by atoms with Gasteiger partial charge in [0, 0.05) is 26.7 Å². The van der Waals surface area contributed by atoms with Gasteiger partial charge in [-0.3, -0.25) is 0 Å². The maximum atomic E-state index is 13.2. The molecule has 1 aromatic carbocycles. The quantitative estimate of drug-likeness (QED) is 0.891. The number of piperazine rings is 1. The van der Waals surface area contributed by atoms with Crippen LogP contribution in [-0.2, 0) is 10.3 Å². The molecule has 1 atom stereocenters. The molecular weight excluding hydrogens is 311 g/mol. The zero-order chi connectivity index (χ0) is 17.2. The lowest BCUT2D eigenvalue weighted by Gasteiger charge is -2.45. The predicted octanol–water partition coefficient (Wildman–Crippen LogP) is 2.81. The van der Waals surface area contributed by atoms with Crippen molar-refractivity contribution in [2.45, 2.75) is 37.3 Å². The number of hydrogen-bond acceptors (Lipinski definition) is 3. The highest BCUT2D eigenvalue weighted by Crippen LogP contribution is 2.43. The van der Waals surface area contributed by atoms with Crippen LogP contribution in [0.4, 0.5) is 9.18 Å². The van der Waals surface area contributed by atoms with E-state index in [1.165, 1.54) is 12.1 Å². The number of nitrogens with zero attached hydrogens (tertiary/aromatic N) is 1. The van der Waals surface area contributed by atoms with E-state index in [0.717, 1.165) is 31.2 Å². The first kappa shape index (κ1) is 17.2. The van der Waals surface area contributed by atoms with Gasteiger partial charge in [0.2, 0.25) is 0 Å². The molecule has 1 unspecified atom stereocenters. The normalized spacial score (nSPS) is 31.0. The zero-order valence-electron chi connectivity index (χ0n) is 14.0. The van der Waals surface area contributed by atoms with Crippen molar-refractivity contribution >= 4 is 6.09 Å². The number of halogens is 1. The van der Waals surface area contributed by atoms with Gasteiger partial charge >= 0.3 is 6.09 Å². The van der Waals surface area contributed by atoms with Crippen LogP contribution in [0.25, 0.3) is 0 Å². The largest absolute Gasteiger partial charge is 0.465 e. The van der Waals surface area contributed by atoms with Gasteiger partial charge in [0.25, 0.3) is 0 Å². The molecule has 2 N–H and O–H groups in total. The molecule has 1 amide bonds. The molecule has 1 heterocycles. The Bertz CT molecular complexity index is 570. The summed E-state index contributed by atoms with van der Waals surface area (Å²) in [6.45, 7) is 1.98. The number of nitrogens with one attached hydrogen (secondary N) is 1. The predicted molar refractivity (Wildman–Crippen MR) is 88.4 cm³/mol. The Morgan fingerprint density at radius 3 is 2.58 bits per heavy atom. The minimum absolute atomic E-state index is 0.0272. The molecule has 24 heavy (non-hydrogen) atoms. The smallest absolute Gasteiger partial charge is 0.407 e. The lowest BCUT2D eigenvalue weighted by atomic mass is 9.72. The van der Waals surface area contributed by atoms with Crippen LogP contribution in [0.15, 0.2) is 24.3 Å². The zero-order valence-corrected chi connectivity index (χ0v) is 14.0. The van der Waals surface area contributed by atoms with Crippen molar-refractivity contribution < 1.29 is 19.0 Å². The molecule has 2 fully saturated rings. The van der Waals surface area contributed by atoms with Crippen molar-refractivity contribution in [1.29, 1.82) is 0 Å². The minimum Gasteiger partial charge on any atom is -0.465 e. The summed E-state index contributed by atoms with van der Waals surface area (Å²) in [5.74, 6) is 0.0849. The Labute approximate surface area is 141 Å². The van der Waals surface area contributed by atoms with E-state index in [-0.39, 0.29) is 17.5 Å². The third-order valence-electron chi connectivity index (χ3n) is 5.67. The lowest BCUT2D eigenvalue weighted by molar-refractivity contribution is -0.0633. The molecule has 0 radical (unpaired) electrons. The van der Waals surface area contributed by atoms with Crippen LogP contribution >= 0.6 is 0 Å². The molecule has 1 saturated heterocycles. The minimum atomic E-state index is -0.830. The Morgan fingerprint density at radius 1 is 1.33 bits per heavy atom. The molecule has 1 aromatic rings. The van der Waals surface area contributed by atoms with Gasteiger partial charge in [-0.15, -0.1) is 0 Å². The van der Waals surface area contributed by atoms with Crippen LogP contribution < -0.4 is 5.32 Å². The fourth-order valence-electron chi connectivity index (χ4n) is 4.24. The van der Waals surface area contributed by atoms with E-state index < -0.39 is 6.09 Å². The van der Waals surface area contributed by atoms with Gasteiger partial charge in [-0.2, -0.15) is 0 Å². The average molecular weight is 336 g/mol. The molecule has 3 rings (SSSR count). The highest BCUT2D eigenvalue weighted by atomic mass is 19.1. The molecule has 0 spiro atoms. The van der Waals surface area contributed by atoms with Crippen LogP contribution in [-0.4, -0.2) is 48.9 Å². The van der Waals surface area contributed by atoms with Gasteiger partial charge < -0.3 is 20.1 Å². The molecule has 132 valence electrons. The van der Waals surface area contributed by atoms with E-state index in [9.17, 15) is 14.3 Å². The maximum absolute atomic E-state index is 13.2. The average Bonchev–Trinajstić information content (AvgIpc) is 2.62. The van der Waals surface area contributed by atoms with Crippen molar-refractivity contribution in [2.24, 2.45) is 5.92 Å². The van der Waals surface area contributed by atoms with Crippen LogP contribution in [0.5, 0.6) is 0 Å². The second-order valence-corrected chi connectivity index (χ2v) is 6.79. The molecule has 0 bridgehead atoms. The first-order chi connectivity index (χ1) is 11.6. The molecule has 1 saturated carbocycles. The number of carbonyl (C=O) groups is 1. The van der Waals surface area contributed by atoms with Gasteiger partial charge in [0.05, 0.1) is 11.6 Å². The summed E-state index contributed by atoms with van der Waals surface area (Å²) in [7, 11) is 1.70. The Balaban J connectivity index is 1.71. The molecule has 2 aliphatic rings. The maximum Gasteiger partial charge on any atom is 0.407 e. The standard InChI is InChI=1S/C18H25FN2O3/c1-24-18(14-2-4-15(19)5-3-14)8-6-13(7-9-18)16-12-20-10-11-21(16)17(22)23/h2-5,13,16,20H,6-12H2,1H3,(H,22,23). The number of benzene rings is 1. The van der Waals surface area contributed by atoms with Crippen molar-refractivity contribution in [2.75, 3.05) is 26.7 Å². The van der Waals surface area contributed by atoms with Gasteiger partial charge in [0.1, 0.15) is 5.82 Å². The number of hydrogen-bond donors (Lipinski definition) is 2. The van der Waals surface area contributed by atoms with Gasteiger partial charge in [0.15, 0.2) is 0 Å². The second kappa shape index (κ2) is 7.07. The molecule has 6 heteroatoms. The highest BCUT2D eigenvalue weighted by molar-refractivity contribution is 5.65. The van der Waals surface area contributed by atoms with E-state index in [2.05, 4.69) is 5.32 Å². The van der Waals surface area contributed by atoms with Crippen molar-refractivity contribution in [3.05, 3.63) is 35.6 Å². The number of methoxy groups -OCH3 is 1.